The predicted molar refractivity (Wildman–Crippen MR) is 112 cm³/mol. The molecule has 2 N–H and O–H groups in total. The summed E-state index contributed by atoms with van der Waals surface area (Å²) in [5.74, 6) is 1.06. The first kappa shape index (κ1) is 21.7. The summed E-state index contributed by atoms with van der Waals surface area (Å²) in [6.45, 7) is 10.9. The summed E-state index contributed by atoms with van der Waals surface area (Å²) in [4.78, 5) is 23.1. The molecule has 6 nitrogen and oxygen atoms in total. The lowest BCUT2D eigenvalue weighted by Crippen LogP contribution is -2.45. The minimum absolute atomic E-state index is 0. The van der Waals surface area contributed by atoms with Gasteiger partial charge in [0.25, 0.3) is 0 Å². The molecule has 1 atom stereocenters. The molecule has 1 aromatic heterocycles. The molecule has 2 rings (SSSR count). The van der Waals surface area contributed by atoms with Gasteiger partial charge in [-0.1, -0.05) is 19.9 Å². The molecule has 0 aromatic carbocycles. The van der Waals surface area contributed by atoms with E-state index in [2.05, 4.69) is 20.6 Å². The van der Waals surface area contributed by atoms with E-state index in [1.165, 1.54) is 0 Å². The predicted octanol–water partition coefficient (Wildman–Crippen LogP) is 2.32. The molecule has 0 saturated carbocycles. The quantitative estimate of drug-likeness (QED) is 0.403. The number of aromatic nitrogens is 1. The summed E-state index contributed by atoms with van der Waals surface area (Å²) in [5.41, 5.74) is 2.13. The van der Waals surface area contributed by atoms with Crippen LogP contribution in [-0.4, -0.2) is 47.4 Å². The molecule has 1 aromatic rings. The average molecular weight is 459 g/mol. The van der Waals surface area contributed by atoms with Gasteiger partial charge in [-0.2, -0.15) is 0 Å². The standard InChI is InChI=1S/C18H29N5O.HI/c1-5-19-18(21-11-16-14(4)7-6-9-20-16)22-15-8-10-23(12-15)17(24)13(2)3;/h6-7,9,13,15H,5,8,10-12H2,1-4H3,(H2,19,21,22);1H. The van der Waals surface area contributed by atoms with Gasteiger partial charge < -0.3 is 15.5 Å². The molecule has 2 heterocycles. The number of hydrogen-bond donors (Lipinski definition) is 2. The number of pyridine rings is 1. The smallest absolute Gasteiger partial charge is 0.225 e. The van der Waals surface area contributed by atoms with Crippen LogP contribution in [0.1, 0.15) is 38.4 Å². The fraction of sp³-hybridized carbons (Fsp3) is 0.611. The van der Waals surface area contributed by atoms with Gasteiger partial charge in [-0.25, -0.2) is 4.99 Å². The van der Waals surface area contributed by atoms with Gasteiger partial charge >= 0.3 is 0 Å². The highest BCUT2D eigenvalue weighted by atomic mass is 127. The zero-order valence-electron chi connectivity index (χ0n) is 15.6. The van der Waals surface area contributed by atoms with E-state index in [4.69, 9.17) is 0 Å². The topological polar surface area (TPSA) is 69.6 Å². The van der Waals surface area contributed by atoms with E-state index in [9.17, 15) is 4.79 Å². The number of amides is 1. The van der Waals surface area contributed by atoms with Gasteiger partial charge in [0.1, 0.15) is 0 Å². The highest BCUT2D eigenvalue weighted by Crippen LogP contribution is 2.13. The fourth-order valence-electron chi connectivity index (χ4n) is 2.79. The summed E-state index contributed by atoms with van der Waals surface area (Å²) in [5, 5.41) is 6.72. The van der Waals surface area contributed by atoms with Gasteiger partial charge in [0.2, 0.25) is 5.91 Å². The van der Waals surface area contributed by atoms with E-state index < -0.39 is 0 Å². The summed E-state index contributed by atoms with van der Waals surface area (Å²) in [6.07, 6.45) is 2.75. The molecule has 0 spiro atoms. The van der Waals surface area contributed by atoms with E-state index in [0.29, 0.717) is 6.54 Å². The Bertz CT molecular complexity index is 591. The molecule has 0 bridgehead atoms. The second kappa shape index (κ2) is 10.6. The van der Waals surface area contributed by atoms with Crippen LogP contribution >= 0.6 is 24.0 Å². The summed E-state index contributed by atoms with van der Waals surface area (Å²) in [7, 11) is 0. The Labute approximate surface area is 167 Å². The minimum Gasteiger partial charge on any atom is -0.357 e. The molecule has 140 valence electrons. The zero-order chi connectivity index (χ0) is 17.5. The second-order valence-electron chi connectivity index (χ2n) is 6.53. The number of likely N-dealkylation sites (tertiary alicyclic amines) is 1. The SMILES string of the molecule is CCNC(=NCc1ncccc1C)NC1CCN(C(=O)C(C)C)C1.I. The van der Waals surface area contributed by atoms with Crippen molar-refractivity contribution in [2.45, 2.75) is 46.7 Å². The van der Waals surface area contributed by atoms with Crippen molar-refractivity contribution in [2.75, 3.05) is 19.6 Å². The number of carbonyl (C=O) groups is 1. The monoisotopic (exact) mass is 459 g/mol. The highest BCUT2D eigenvalue weighted by molar-refractivity contribution is 14.0. The molecule has 1 amide bonds. The van der Waals surface area contributed by atoms with Crippen LogP contribution in [0.4, 0.5) is 0 Å². The number of carbonyl (C=O) groups excluding carboxylic acids is 1. The van der Waals surface area contributed by atoms with E-state index >= 15 is 0 Å². The van der Waals surface area contributed by atoms with Crippen molar-refractivity contribution in [3.8, 4) is 0 Å². The Morgan fingerprint density at radius 2 is 2.24 bits per heavy atom. The number of guanidine groups is 1. The van der Waals surface area contributed by atoms with Crippen molar-refractivity contribution >= 4 is 35.8 Å². The van der Waals surface area contributed by atoms with Gasteiger partial charge in [-0.3, -0.25) is 9.78 Å². The maximum absolute atomic E-state index is 12.1. The van der Waals surface area contributed by atoms with Crippen LogP contribution < -0.4 is 10.6 Å². The van der Waals surface area contributed by atoms with E-state index in [1.807, 2.05) is 44.7 Å². The van der Waals surface area contributed by atoms with E-state index in [0.717, 1.165) is 43.3 Å². The van der Waals surface area contributed by atoms with Crippen molar-refractivity contribution in [2.24, 2.45) is 10.9 Å². The third kappa shape index (κ3) is 6.45. The molecule has 1 unspecified atom stereocenters. The van der Waals surface area contributed by atoms with Crippen LogP contribution in [0, 0.1) is 12.8 Å². The molecule has 7 heteroatoms. The Morgan fingerprint density at radius 1 is 1.48 bits per heavy atom. The number of hydrogen-bond acceptors (Lipinski definition) is 3. The minimum atomic E-state index is 0. The lowest BCUT2D eigenvalue weighted by atomic mass is 10.2. The molecule has 25 heavy (non-hydrogen) atoms. The number of halogens is 1. The molecule has 1 aliphatic rings. The summed E-state index contributed by atoms with van der Waals surface area (Å²) >= 11 is 0. The van der Waals surface area contributed by atoms with Crippen molar-refractivity contribution in [3.05, 3.63) is 29.6 Å². The van der Waals surface area contributed by atoms with Crippen LogP contribution in [0.15, 0.2) is 23.3 Å². The molecule has 1 fully saturated rings. The lowest BCUT2D eigenvalue weighted by Gasteiger charge is -2.20. The first-order valence-corrected chi connectivity index (χ1v) is 8.75. The Balaban J connectivity index is 0.00000312. The Hall–Kier alpha value is -1.38. The van der Waals surface area contributed by atoms with Crippen molar-refractivity contribution < 1.29 is 4.79 Å². The van der Waals surface area contributed by atoms with Crippen LogP contribution in [0.5, 0.6) is 0 Å². The second-order valence-corrected chi connectivity index (χ2v) is 6.53. The number of nitrogens with one attached hydrogen (secondary N) is 2. The number of aliphatic imine (C=N–C) groups is 1. The number of rotatable bonds is 5. The van der Waals surface area contributed by atoms with E-state index in [1.54, 1.807) is 6.20 Å². The van der Waals surface area contributed by atoms with Gasteiger partial charge in [0, 0.05) is 37.8 Å². The third-order valence-corrected chi connectivity index (χ3v) is 4.18. The van der Waals surface area contributed by atoms with Crippen LogP contribution in [0.25, 0.3) is 0 Å². The number of aryl methyl sites for hydroxylation is 1. The first-order chi connectivity index (χ1) is 11.5. The van der Waals surface area contributed by atoms with Gasteiger partial charge in [-0.15, -0.1) is 24.0 Å². The van der Waals surface area contributed by atoms with Crippen LogP contribution in [0.2, 0.25) is 0 Å². The fourth-order valence-corrected chi connectivity index (χ4v) is 2.79. The summed E-state index contributed by atoms with van der Waals surface area (Å²) in [6, 6.07) is 4.23. The molecule has 1 saturated heterocycles. The maximum atomic E-state index is 12.1. The van der Waals surface area contributed by atoms with Crippen LogP contribution in [-0.2, 0) is 11.3 Å². The van der Waals surface area contributed by atoms with Crippen molar-refractivity contribution in [1.82, 2.24) is 20.5 Å². The lowest BCUT2D eigenvalue weighted by molar-refractivity contribution is -0.133. The molecule has 1 aliphatic heterocycles. The van der Waals surface area contributed by atoms with Gasteiger partial charge in [0.15, 0.2) is 5.96 Å². The molecule has 0 radical (unpaired) electrons. The summed E-state index contributed by atoms with van der Waals surface area (Å²) < 4.78 is 0. The molecular formula is C18H30IN5O. The largest absolute Gasteiger partial charge is 0.357 e. The Kier molecular flexibility index (Phi) is 9.16. The zero-order valence-corrected chi connectivity index (χ0v) is 17.9. The maximum Gasteiger partial charge on any atom is 0.225 e. The van der Waals surface area contributed by atoms with Gasteiger partial charge in [0.05, 0.1) is 12.2 Å². The van der Waals surface area contributed by atoms with Crippen LogP contribution in [0.3, 0.4) is 0 Å². The normalized spacial score (nSPS) is 17.4. The Morgan fingerprint density at radius 3 is 2.88 bits per heavy atom. The molecule has 0 aliphatic carbocycles. The average Bonchev–Trinajstić information content (AvgIpc) is 3.01. The molecular weight excluding hydrogens is 429 g/mol. The van der Waals surface area contributed by atoms with Gasteiger partial charge in [-0.05, 0) is 31.9 Å². The highest BCUT2D eigenvalue weighted by Gasteiger charge is 2.27. The van der Waals surface area contributed by atoms with E-state index in [-0.39, 0.29) is 41.8 Å². The first-order valence-electron chi connectivity index (χ1n) is 8.75. The number of nitrogens with zero attached hydrogens (tertiary/aromatic N) is 3. The van der Waals surface area contributed by atoms with Crippen molar-refractivity contribution in [1.29, 1.82) is 0 Å². The van der Waals surface area contributed by atoms with Crippen molar-refractivity contribution in [3.63, 3.8) is 0 Å². The third-order valence-electron chi connectivity index (χ3n) is 4.18.